The van der Waals surface area contributed by atoms with Gasteiger partial charge in [0.15, 0.2) is 11.6 Å². The lowest BCUT2D eigenvalue weighted by molar-refractivity contribution is -0.0785. The molecule has 0 aromatic heterocycles. The zero-order valence-electron chi connectivity index (χ0n) is 12.2. The molecule has 0 bridgehead atoms. The van der Waals surface area contributed by atoms with E-state index in [9.17, 15) is 4.39 Å². The number of nitrogens with two attached hydrogens (primary N) is 1. The van der Waals surface area contributed by atoms with Gasteiger partial charge in [-0.05, 0) is 31.4 Å². The molecule has 2 nitrogen and oxygen atoms in total. The Morgan fingerprint density at radius 3 is 2.55 bits per heavy atom. The zero-order valence-corrected chi connectivity index (χ0v) is 12.2. The van der Waals surface area contributed by atoms with Crippen LogP contribution in [0, 0.1) is 18.2 Å². The lowest BCUT2D eigenvalue weighted by atomic mass is 9.58. The molecular formula is C17H24FNO. The first-order valence-electron chi connectivity index (χ1n) is 7.81. The normalized spacial score (nSPS) is 28.8. The molecule has 2 atom stereocenters. The van der Waals surface area contributed by atoms with Crippen LogP contribution in [0.4, 0.5) is 4.39 Å². The molecule has 110 valence electrons. The third-order valence-corrected chi connectivity index (χ3v) is 5.31. The minimum absolute atomic E-state index is 0.0897. The summed E-state index contributed by atoms with van der Waals surface area (Å²) >= 11 is 0. The van der Waals surface area contributed by atoms with Gasteiger partial charge in [-0.25, -0.2) is 4.39 Å². The molecule has 2 aliphatic carbocycles. The summed E-state index contributed by atoms with van der Waals surface area (Å²) in [7, 11) is 0. The first-order valence-corrected chi connectivity index (χ1v) is 7.81. The van der Waals surface area contributed by atoms with E-state index >= 15 is 0 Å². The topological polar surface area (TPSA) is 35.2 Å². The number of rotatable bonds is 2. The lowest BCUT2D eigenvalue weighted by Gasteiger charge is -2.54. The molecule has 1 aromatic carbocycles. The highest BCUT2D eigenvalue weighted by Crippen LogP contribution is 2.51. The number of ether oxygens (including phenoxy) is 1. The van der Waals surface area contributed by atoms with Gasteiger partial charge in [-0.3, -0.25) is 0 Å². The molecule has 0 amide bonds. The fraction of sp³-hybridized carbons (Fsp3) is 0.647. The van der Waals surface area contributed by atoms with E-state index in [1.165, 1.54) is 25.7 Å². The summed E-state index contributed by atoms with van der Waals surface area (Å²) in [5.74, 6) is 0.169. The summed E-state index contributed by atoms with van der Waals surface area (Å²) in [5, 5.41) is 0. The van der Waals surface area contributed by atoms with Crippen LogP contribution < -0.4 is 10.5 Å². The number of benzene rings is 1. The van der Waals surface area contributed by atoms with Crippen LogP contribution in [0.3, 0.4) is 0 Å². The molecule has 3 rings (SSSR count). The van der Waals surface area contributed by atoms with Crippen LogP contribution in [0.25, 0.3) is 0 Å². The van der Waals surface area contributed by atoms with E-state index in [4.69, 9.17) is 10.5 Å². The minimum atomic E-state index is -0.225. The third kappa shape index (κ3) is 2.22. The van der Waals surface area contributed by atoms with Crippen LogP contribution in [0.15, 0.2) is 18.2 Å². The Kier molecular flexibility index (Phi) is 3.72. The molecule has 1 aromatic rings. The number of halogens is 1. The van der Waals surface area contributed by atoms with Crippen molar-refractivity contribution in [1.82, 2.24) is 0 Å². The highest BCUT2D eigenvalue weighted by atomic mass is 19.1. The second-order valence-corrected chi connectivity index (χ2v) is 6.48. The van der Waals surface area contributed by atoms with E-state index in [0.717, 1.165) is 19.3 Å². The standard InChI is InChI=1S/C17H24FNO/c1-12-7-6-8-13(16(12)18)20-15-11-14(19)17(15)9-4-2-3-5-10-17/h6-8,14-15H,2-5,9-11,19H2,1H3. The van der Waals surface area contributed by atoms with Crippen molar-refractivity contribution in [1.29, 1.82) is 0 Å². The SMILES string of the molecule is Cc1cccc(OC2CC(N)C23CCCCCC3)c1F. The minimum Gasteiger partial charge on any atom is -0.487 e. The van der Waals surface area contributed by atoms with Gasteiger partial charge in [0.25, 0.3) is 0 Å². The van der Waals surface area contributed by atoms with Gasteiger partial charge in [0.2, 0.25) is 0 Å². The summed E-state index contributed by atoms with van der Waals surface area (Å²) in [6.45, 7) is 1.77. The molecule has 2 saturated carbocycles. The van der Waals surface area contributed by atoms with Gasteiger partial charge in [-0.2, -0.15) is 0 Å². The van der Waals surface area contributed by atoms with Gasteiger partial charge < -0.3 is 10.5 Å². The molecule has 2 fully saturated rings. The van der Waals surface area contributed by atoms with Gasteiger partial charge in [-0.15, -0.1) is 0 Å². The molecule has 0 aliphatic heterocycles. The highest BCUT2D eigenvalue weighted by Gasteiger charge is 2.54. The summed E-state index contributed by atoms with van der Waals surface area (Å²) in [4.78, 5) is 0. The maximum Gasteiger partial charge on any atom is 0.167 e. The molecule has 3 heteroatoms. The second kappa shape index (κ2) is 5.36. The predicted octanol–water partition coefficient (Wildman–Crippen LogP) is 3.95. The van der Waals surface area contributed by atoms with E-state index < -0.39 is 0 Å². The molecule has 0 heterocycles. The van der Waals surface area contributed by atoms with Crippen LogP contribution in [0.1, 0.15) is 50.5 Å². The van der Waals surface area contributed by atoms with Crippen LogP contribution in [-0.4, -0.2) is 12.1 Å². The predicted molar refractivity (Wildman–Crippen MR) is 78.3 cm³/mol. The van der Waals surface area contributed by atoms with Gasteiger partial charge in [0.05, 0.1) is 0 Å². The first kappa shape index (κ1) is 13.9. The van der Waals surface area contributed by atoms with Crippen molar-refractivity contribution in [3.63, 3.8) is 0 Å². The van der Waals surface area contributed by atoms with E-state index in [-0.39, 0.29) is 23.4 Å². The van der Waals surface area contributed by atoms with Crippen molar-refractivity contribution < 1.29 is 9.13 Å². The molecule has 1 spiro atoms. The fourth-order valence-corrected chi connectivity index (χ4v) is 3.89. The van der Waals surface area contributed by atoms with Crippen molar-refractivity contribution >= 4 is 0 Å². The quantitative estimate of drug-likeness (QED) is 0.888. The average Bonchev–Trinajstić information content (AvgIpc) is 2.71. The average molecular weight is 277 g/mol. The monoisotopic (exact) mass is 277 g/mol. The molecule has 2 aliphatic rings. The Labute approximate surface area is 120 Å². The van der Waals surface area contributed by atoms with E-state index in [2.05, 4.69) is 0 Å². The van der Waals surface area contributed by atoms with Crippen LogP contribution in [0.5, 0.6) is 5.75 Å². The van der Waals surface area contributed by atoms with Gasteiger partial charge in [0, 0.05) is 17.9 Å². The molecule has 2 unspecified atom stereocenters. The number of hydrogen-bond acceptors (Lipinski definition) is 2. The fourth-order valence-electron chi connectivity index (χ4n) is 3.89. The maximum absolute atomic E-state index is 14.1. The Morgan fingerprint density at radius 2 is 1.90 bits per heavy atom. The van der Waals surface area contributed by atoms with Crippen LogP contribution in [0.2, 0.25) is 0 Å². The number of aryl methyl sites for hydroxylation is 1. The zero-order chi connectivity index (χ0) is 14.2. The Hall–Kier alpha value is -1.09. The smallest absolute Gasteiger partial charge is 0.167 e. The van der Waals surface area contributed by atoms with Crippen molar-refractivity contribution in [3.8, 4) is 5.75 Å². The molecule has 20 heavy (non-hydrogen) atoms. The van der Waals surface area contributed by atoms with Gasteiger partial charge in [-0.1, -0.05) is 37.8 Å². The Balaban J connectivity index is 1.78. The van der Waals surface area contributed by atoms with E-state index in [1.807, 2.05) is 6.07 Å². The van der Waals surface area contributed by atoms with E-state index in [1.54, 1.807) is 19.1 Å². The molecular weight excluding hydrogens is 253 g/mol. The molecule has 0 saturated heterocycles. The highest BCUT2D eigenvalue weighted by molar-refractivity contribution is 5.31. The van der Waals surface area contributed by atoms with Crippen molar-refractivity contribution in [2.75, 3.05) is 0 Å². The summed E-state index contributed by atoms with van der Waals surface area (Å²) < 4.78 is 20.1. The van der Waals surface area contributed by atoms with Gasteiger partial charge >= 0.3 is 0 Å². The van der Waals surface area contributed by atoms with Crippen molar-refractivity contribution in [2.45, 2.75) is 64.0 Å². The van der Waals surface area contributed by atoms with E-state index in [0.29, 0.717) is 11.3 Å². The summed E-state index contributed by atoms with van der Waals surface area (Å²) in [5.41, 5.74) is 7.03. The first-order chi connectivity index (χ1) is 9.63. The maximum atomic E-state index is 14.1. The second-order valence-electron chi connectivity index (χ2n) is 6.48. The van der Waals surface area contributed by atoms with Gasteiger partial charge in [0.1, 0.15) is 6.10 Å². The molecule has 0 radical (unpaired) electrons. The molecule has 2 N–H and O–H groups in total. The third-order valence-electron chi connectivity index (χ3n) is 5.31. The van der Waals surface area contributed by atoms with Crippen LogP contribution in [-0.2, 0) is 0 Å². The van der Waals surface area contributed by atoms with Crippen molar-refractivity contribution in [3.05, 3.63) is 29.6 Å². The summed E-state index contributed by atoms with van der Waals surface area (Å²) in [6, 6.07) is 5.58. The number of hydrogen-bond donors (Lipinski definition) is 1. The summed E-state index contributed by atoms with van der Waals surface area (Å²) in [6.07, 6.45) is 8.24. The Morgan fingerprint density at radius 1 is 1.20 bits per heavy atom. The van der Waals surface area contributed by atoms with Crippen LogP contribution >= 0.6 is 0 Å². The van der Waals surface area contributed by atoms with Crippen molar-refractivity contribution in [2.24, 2.45) is 11.1 Å². The Bertz CT molecular complexity index is 480. The lowest BCUT2D eigenvalue weighted by Crippen LogP contribution is -2.63. The largest absolute Gasteiger partial charge is 0.487 e.